The molecule has 0 saturated heterocycles. The summed E-state index contributed by atoms with van der Waals surface area (Å²) in [5.41, 5.74) is 4.68. The van der Waals surface area contributed by atoms with Crippen LogP contribution in [0.5, 0.6) is 0 Å². The Hall–Kier alpha value is -3.19. The second-order valence-corrected chi connectivity index (χ2v) is 9.49. The van der Waals surface area contributed by atoms with Crippen molar-refractivity contribution in [2.45, 2.75) is 39.2 Å². The van der Waals surface area contributed by atoms with Crippen LogP contribution in [0.1, 0.15) is 58.7 Å². The summed E-state index contributed by atoms with van der Waals surface area (Å²) < 4.78 is 27.0. The van der Waals surface area contributed by atoms with E-state index >= 15 is 0 Å². The summed E-state index contributed by atoms with van der Waals surface area (Å²) in [5.74, 6) is -0.453. The molecule has 0 amide bonds. The van der Waals surface area contributed by atoms with E-state index in [1.807, 2.05) is 11.9 Å². The number of hydrogen-bond donors (Lipinski definition) is 0. The number of carbonyl (C=O) groups is 1. The molecule has 2 heterocycles. The number of fused-ring (bicyclic) bond motifs is 1. The van der Waals surface area contributed by atoms with E-state index in [-0.39, 0.29) is 29.4 Å². The monoisotopic (exact) mass is 463 g/mol. The predicted molar refractivity (Wildman–Crippen MR) is 128 cm³/mol. The van der Waals surface area contributed by atoms with Gasteiger partial charge in [0.25, 0.3) is 0 Å². The van der Waals surface area contributed by atoms with Crippen LogP contribution in [0.4, 0.5) is 13.9 Å². The maximum absolute atomic E-state index is 13.7. The summed E-state index contributed by atoms with van der Waals surface area (Å²) in [6, 6.07) is 12.8. The minimum atomic E-state index is -0.283. The van der Waals surface area contributed by atoms with Gasteiger partial charge >= 0.3 is 0 Å². The SMILES string of the molecule is CC(=O)c1sc(N2N=C3/C(=C\c4ccc(F)cc4)CCCC3C2c2ccc(F)cc2)nc1C. The topological polar surface area (TPSA) is 45.6 Å². The molecule has 2 aromatic carbocycles. The standard InChI is InChI=1S/C26H23F2N3OS/c1-15-25(16(2)32)33-26(29-15)31-24(18-8-12-21(28)13-9-18)22-5-3-4-19(23(22)30-31)14-17-6-10-20(27)11-7-17/h6-14,22,24H,3-5H2,1-2H3/b19-14-. The summed E-state index contributed by atoms with van der Waals surface area (Å²) in [6.45, 7) is 3.38. The summed E-state index contributed by atoms with van der Waals surface area (Å²) in [7, 11) is 0. The van der Waals surface area contributed by atoms with Crippen molar-refractivity contribution in [3.8, 4) is 0 Å². The van der Waals surface area contributed by atoms with Gasteiger partial charge in [-0.3, -0.25) is 4.79 Å². The van der Waals surface area contributed by atoms with Gasteiger partial charge in [-0.1, -0.05) is 35.6 Å². The number of carbonyl (C=O) groups excluding carboxylic acids is 1. The van der Waals surface area contributed by atoms with Gasteiger partial charge in [-0.15, -0.1) is 0 Å². The molecule has 1 saturated carbocycles. The van der Waals surface area contributed by atoms with E-state index in [9.17, 15) is 13.6 Å². The van der Waals surface area contributed by atoms with Crippen molar-refractivity contribution in [3.63, 3.8) is 0 Å². The maximum atomic E-state index is 13.7. The van der Waals surface area contributed by atoms with Gasteiger partial charge in [0.15, 0.2) is 5.78 Å². The quantitative estimate of drug-likeness (QED) is 0.403. The molecular weight excluding hydrogens is 440 g/mol. The van der Waals surface area contributed by atoms with Gasteiger partial charge in [-0.2, -0.15) is 5.10 Å². The lowest BCUT2D eigenvalue weighted by Gasteiger charge is -2.29. The number of hydrazone groups is 1. The Morgan fingerprint density at radius 1 is 1.09 bits per heavy atom. The number of hydrogen-bond acceptors (Lipinski definition) is 5. The molecule has 0 spiro atoms. The van der Waals surface area contributed by atoms with E-state index in [4.69, 9.17) is 5.10 Å². The highest BCUT2D eigenvalue weighted by Gasteiger charge is 2.43. The normalized spacial score (nSPS) is 21.3. The van der Waals surface area contributed by atoms with Crippen molar-refractivity contribution in [1.29, 1.82) is 0 Å². The Morgan fingerprint density at radius 3 is 2.39 bits per heavy atom. The number of Topliss-reactive ketones (excluding diaryl/α,β-unsaturated/α-hetero) is 1. The Kier molecular flexibility index (Phi) is 5.66. The molecule has 33 heavy (non-hydrogen) atoms. The van der Waals surface area contributed by atoms with Crippen molar-refractivity contribution in [2.75, 3.05) is 5.01 Å². The molecule has 1 aromatic heterocycles. The molecule has 1 aliphatic carbocycles. The largest absolute Gasteiger partial charge is 0.294 e. The molecule has 1 fully saturated rings. The van der Waals surface area contributed by atoms with Crippen molar-refractivity contribution >= 4 is 34.0 Å². The average molecular weight is 464 g/mol. The minimum absolute atomic E-state index is 0.0178. The van der Waals surface area contributed by atoms with E-state index in [0.29, 0.717) is 15.7 Å². The van der Waals surface area contributed by atoms with E-state index < -0.39 is 0 Å². The molecule has 3 aromatic rings. The van der Waals surface area contributed by atoms with Crippen molar-refractivity contribution < 1.29 is 13.6 Å². The Labute approximate surface area is 195 Å². The third-order valence-corrected chi connectivity index (χ3v) is 7.47. The van der Waals surface area contributed by atoms with Gasteiger partial charge in [0, 0.05) is 12.8 Å². The second-order valence-electron chi connectivity index (χ2n) is 8.51. The number of halogens is 2. The zero-order chi connectivity index (χ0) is 23.1. The predicted octanol–water partition coefficient (Wildman–Crippen LogP) is 6.73. The van der Waals surface area contributed by atoms with Crippen LogP contribution < -0.4 is 5.01 Å². The lowest BCUT2D eigenvalue weighted by molar-refractivity contribution is 0.102. The summed E-state index contributed by atoms with van der Waals surface area (Å²) in [4.78, 5) is 17.3. The molecule has 2 aliphatic rings. The first-order valence-electron chi connectivity index (χ1n) is 11.0. The molecule has 1 aliphatic heterocycles. The Bertz CT molecular complexity index is 1260. The lowest BCUT2D eigenvalue weighted by atomic mass is 9.77. The highest BCUT2D eigenvalue weighted by Crippen LogP contribution is 2.47. The van der Waals surface area contributed by atoms with Crippen molar-refractivity contribution in [1.82, 2.24) is 4.98 Å². The number of rotatable bonds is 4. The molecule has 5 rings (SSSR count). The molecule has 0 N–H and O–H groups in total. The number of aryl methyl sites for hydroxylation is 1. The van der Waals surface area contributed by atoms with Crippen LogP contribution in [-0.4, -0.2) is 16.5 Å². The van der Waals surface area contributed by atoms with Crippen molar-refractivity contribution in [2.24, 2.45) is 11.0 Å². The number of benzene rings is 2. The molecular formula is C26H23F2N3OS. The zero-order valence-electron chi connectivity index (χ0n) is 18.4. The fraction of sp³-hybridized carbons (Fsp3) is 0.269. The Morgan fingerprint density at radius 2 is 1.76 bits per heavy atom. The van der Waals surface area contributed by atoms with Gasteiger partial charge < -0.3 is 0 Å². The molecule has 0 bridgehead atoms. The summed E-state index contributed by atoms with van der Waals surface area (Å²) in [5, 5.41) is 7.59. The smallest absolute Gasteiger partial charge is 0.207 e. The highest BCUT2D eigenvalue weighted by atomic mass is 32.1. The first-order chi connectivity index (χ1) is 15.9. The van der Waals surface area contributed by atoms with Gasteiger partial charge in [0.1, 0.15) is 11.6 Å². The molecule has 4 nitrogen and oxygen atoms in total. The number of thiazole rings is 1. The first-order valence-corrected chi connectivity index (χ1v) is 11.8. The molecule has 2 unspecified atom stereocenters. The number of nitrogens with zero attached hydrogens (tertiary/aromatic N) is 3. The van der Waals surface area contributed by atoms with E-state index in [1.54, 1.807) is 31.2 Å². The average Bonchev–Trinajstić information content (AvgIpc) is 3.37. The van der Waals surface area contributed by atoms with Gasteiger partial charge in [-0.25, -0.2) is 18.8 Å². The second kappa shape index (κ2) is 8.63. The number of aromatic nitrogens is 1. The zero-order valence-corrected chi connectivity index (χ0v) is 19.2. The number of ketones is 1. The van der Waals surface area contributed by atoms with Crippen LogP contribution in [0.15, 0.2) is 59.2 Å². The molecule has 2 atom stereocenters. The van der Waals surface area contributed by atoms with E-state index in [2.05, 4.69) is 11.1 Å². The minimum Gasteiger partial charge on any atom is -0.294 e. The van der Waals surface area contributed by atoms with Gasteiger partial charge in [0.05, 0.1) is 22.3 Å². The molecule has 168 valence electrons. The van der Waals surface area contributed by atoms with Crippen LogP contribution in [0.3, 0.4) is 0 Å². The number of anilines is 1. The van der Waals surface area contributed by atoms with Gasteiger partial charge in [0.2, 0.25) is 5.13 Å². The fourth-order valence-corrected chi connectivity index (χ4v) is 5.67. The molecule has 7 heteroatoms. The number of allylic oxidation sites excluding steroid dienone is 1. The maximum Gasteiger partial charge on any atom is 0.207 e. The lowest BCUT2D eigenvalue weighted by Crippen LogP contribution is -2.28. The highest BCUT2D eigenvalue weighted by molar-refractivity contribution is 7.17. The van der Waals surface area contributed by atoms with Crippen LogP contribution in [0.2, 0.25) is 0 Å². The summed E-state index contributed by atoms with van der Waals surface area (Å²) >= 11 is 1.34. The van der Waals surface area contributed by atoms with Crippen LogP contribution >= 0.6 is 11.3 Å². The Balaban J connectivity index is 1.60. The third kappa shape index (κ3) is 4.13. The molecule has 0 radical (unpaired) electrons. The van der Waals surface area contributed by atoms with Gasteiger partial charge in [-0.05, 0) is 73.2 Å². The van der Waals surface area contributed by atoms with Crippen LogP contribution in [0.25, 0.3) is 6.08 Å². The first kappa shape index (κ1) is 21.6. The van der Waals surface area contributed by atoms with Crippen molar-refractivity contribution in [3.05, 3.63) is 87.4 Å². The summed E-state index contributed by atoms with van der Waals surface area (Å²) in [6.07, 6.45) is 4.90. The van der Waals surface area contributed by atoms with Crippen LogP contribution in [0, 0.1) is 24.5 Å². The fourth-order valence-electron chi connectivity index (χ4n) is 4.72. The third-order valence-electron chi connectivity index (χ3n) is 6.23. The van der Waals surface area contributed by atoms with E-state index in [1.165, 1.54) is 35.6 Å². The van der Waals surface area contributed by atoms with E-state index in [0.717, 1.165) is 41.7 Å². The van der Waals surface area contributed by atoms with Crippen LogP contribution in [-0.2, 0) is 0 Å².